The lowest BCUT2D eigenvalue weighted by atomic mass is 10.2. The number of pyridine rings is 2. The molecule has 92 valence electrons. The quantitative estimate of drug-likeness (QED) is 0.892. The van der Waals surface area contributed by atoms with Gasteiger partial charge in [-0.15, -0.1) is 0 Å². The molecule has 0 bridgehead atoms. The SMILES string of the molecule is CNc1ncc(C(=O)Nc2ccccn2)cc1Cl. The first-order valence-electron chi connectivity index (χ1n) is 5.26. The van der Waals surface area contributed by atoms with Crippen LogP contribution in [0.1, 0.15) is 10.4 Å². The molecule has 0 unspecified atom stereocenters. The Balaban J connectivity index is 2.17. The molecule has 2 rings (SSSR count). The van der Waals surface area contributed by atoms with E-state index in [2.05, 4.69) is 20.6 Å². The first-order chi connectivity index (χ1) is 8.70. The zero-order chi connectivity index (χ0) is 13.0. The molecule has 0 aliphatic heterocycles. The van der Waals surface area contributed by atoms with Crippen LogP contribution in [-0.4, -0.2) is 22.9 Å². The minimum absolute atomic E-state index is 0.300. The molecule has 18 heavy (non-hydrogen) atoms. The Morgan fingerprint density at radius 2 is 2.17 bits per heavy atom. The number of nitrogens with one attached hydrogen (secondary N) is 2. The summed E-state index contributed by atoms with van der Waals surface area (Å²) in [6, 6.07) is 6.82. The largest absolute Gasteiger partial charge is 0.372 e. The highest BCUT2D eigenvalue weighted by molar-refractivity contribution is 6.33. The second-order valence-corrected chi connectivity index (χ2v) is 3.88. The van der Waals surface area contributed by atoms with Crippen LogP contribution in [0.2, 0.25) is 5.02 Å². The molecule has 0 atom stereocenters. The van der Waals surface area contributed by atoms with Gasteiger partial charge in [-0.2, -0.15) is 0 Å². The van der Waals surface area contributed by atoms with E-state index in [1.807, 2.05) is 0 Å². The monoisotopic (exact) mass is 262 g/mol. The second kappa shape index (κ2) is 5.46. The summed E-state index contributed by atoms with van der Waals surface area (Å²) in [5.41, 5.74) is 0.379. The fraction of sp³-hybridized carbons (Fsp3) is 0.0833. The van der Waals surface area contributed by atoms with Gasteiger partial charge in [0, 0.05) is 19.4 Å². The topological polar surface area (TPSA) is 66.9 Å². The van der Waals surface area contributed by atoms with Crippen molar-refractivity contribution in [1.29, 1.82) is 0 Å². The molecule has 1 amide bonds. The number of aromatic nitrogens is 2. The van der Waals surface area contributed by atoms with Crippen LogP contribution < -0.4 is 10.6 Å². The number of hydrogen-bond donors (Lipinski definition) is 2. The van der Waals surface area contributed by atoms with E-state index in [9.17, 15) is 4.79 Å². The van der Waals surface area contributed by atoms with Crippen LogP contribution >= 0.6 is 11.6 Å². The normalized spacial score (nSPS) is 9.89. The average molecular weight is 263 g/mol. The molecule has 2 aromatic rings. The zero-order valence-electron chi connectivity index (χ0n) is 9.64. The summed E-state index contributed by atoms with van der Waals surface area (Å²) >= 11 is 5.96. The van der Waals surface area contributed by atoms with Gasteiger partial charge in [0.05, 0.1) is 10.6 Å². The maximum Gasteiger partial charge on any atom is 0.258 e. The van der Waals surface area contributed by atoms with E-state index in [1.54, 1.807) is 37.5 Å². The summed E-state index contributed by atoms with van der Waals surface area (Å²) in [5, 5.41) is 5.87. The highest BCUT2D eigenvalue weighted by atomic mass is 35.5. The summed E-state index contributed by atoms with van der Waals surface area (Å²) in [5.74, 6) is 0.716. The fourth-order valence-corrected chi connectivity index (χ4v) is 1.63. The standard InChI is InChI=1S/C12H11ClN4O/c1-14-11-9(13)6-8(7-16-11)12(18)17-10-4-2-3-5-15-10/h2-7H,1H3,(H,14,16)(H,15,17,18). The van der Waals surface area contributed by atoms with Gasteiger partial charge in [-0.3, -0.25) is 4.79 Å². The van der Waals surface area contributed by atoms with Gasteiger partial charge in [-0.1, -0.05) is 17.7 Å². The highest BCUT2D eigenvalue weighted by Gasteiger charge is 2.09. The number of halogens is 1. The molecule has 0 radical (unpaired) electrons. The van der Waals surface area contributed by atoms with E-state index in [0.29, 0.717) is 22.2 Å². The molecule has 2 N–H and O–H groups in total. The molecule has 0 saturated carbocycles. The smallest absolute Gasteiger partial charge is 0.258 e. The molecule has 6 heteroatoms. The third-order valence-corrected chi connectivity index (χ3v) is 2.53. The number of amides is 1. The van der Waals surface area contributed by atoms with Crippen LogP contribution in [0.15, 0.2) is 36.7 Å². The second-order valence-electron chi connectivity index (χ2n) is 3.47. The summed E-state index contributed by atoms with van der Waals surface area (Å²) in [6.07, 6.45) is 3.06. The van der Waals surface area contributed by atoms with Crippen molar-refractivity contribution in [1.82, 2.24) is 9.97 Å². The Labute approximate surface area is 109 Å². The Morgan fingerprint density at radius 1 is 1.33 bits per heavy atom. The number of carbonyl (C=O) groups excluding carboxylic acids is 1. The molecule has 0 aliphatic rings. The molecule has 0 spiro atoms. The number of rotatable bonds is 3. The highest BCUT2D eigenvalue weighted by Crippen LogP contribution is 2.19. The van der Waals surface area contributed by atoms with Crippen molar-refractivity contribution in [3.8, 4) is 0 Å². The van der Waals surface area contributed by atoms with Crippen molar-refractivity contribution in [2.45, 2.75) is 0 Å². The number of anilines is 2. The number of nitrogens with zero attached hydrogens (tertiary/aromatic N) is 2. The predicted molar refractivity (Wildman–Crippen MR) is 71.0 cm³/mol. The molecule has 0 aliphatic carbocycles. The van der Waals surface area contributed by atoms with Gasteiger partial charge in [0.25, 0.3) is 5.91 Å². The first-order valence-corrected chi connectivity index (χ1v) is 5.64. The van der Waals surface area contributed by atoms with Crippen LogP contribution in [0.5, 0.6) is 0 Å². The van der Waals surface area contributed by atoms with Gasteiger partial charge in [-0.05, 0) is 18.2 Å². The molecule has 2 aromatic heterocycles. The van der Waals surface area contributed by atoms with Crippen molar-refractivity contribution in [3.05, 3.63) is 47.2 Å². The van der Waals surface area contributed by atoms with E-state index >= 15 is 0 Å². The summed E-state index contributed by atoms with van der Waals surface area (Å²) < 4.78 is 0. The van der Waals surface area contributed by atoms with Crippen molar-refractivity contribution in [3.63, 3.8) is 0 Å². The van der Waals surface area contributed by atoms with E-state index < -0.39 is 0 Å². The van der Waals surface area contributed by atoms with E-state index in [1.165, 1.54) is 6.20 Å². The lowest BCUT2D eigenvalue weighted by molar-refractivity contribution is 0.102. The zero-order valence-corrected chi connectivity index (χ0v) is 10.4. The van der Waals surface area contributed by atoms with Gasteiger partial charge >= 0.3 is 0 Å². The Bertz CT molecular complexity index is 559. The van der Waals surface area contributed by atoms with E-state index in [0.717, 1.165) is 0 Å². The van der Waals surface area contributed by atoms with Crippen LogP contribution in [-0.2, 0) is 0 Å². The predicted octanol–water partition coefficient (Wildman–Crippen LogP) is 2.42. The number of hydrogen-bond acceptors (Lipinski definition) is 4. The third-order valence-electron chi connectivity index (χ3n) is 2.25. The van der Waals surface area contributed by atoms with Gasteiger partial charge in [-0.25, -0.2) is 9.97 Å². The maximum absolute atomic E-state index is 11.9. The van der Waals surface area contributed by atoms with Crippen molar-refractivity contribution < 1.29 is 4.79 Å². The first kappa shape index (κ1) is 12.3. The molecule has 0 fully saturated rings. The molecule has 5 nitrogen and oxygen atoms in total. The summed E-state index contributed by atoms with van der Waals surface area (Å²) in [7, 11) is 1.71. The van der Waals surface area contributed by atoms with Gasteiger partial charge in [0.2, 0.25) is 0 Å². The van der Waals surface area contributed by atoms with Gasteiger partial charge in [0.1, 0.15) is 11.6 Å². The fourth-order valence-electron chi connectivity index (χ4n) is 1.37. The molecule has 0 saturated heterocycles. The Kier molecular flexibility index (Phi) is 3.74. The van der Waals surface area contributed by atoms with Crippen LogP contribution in [0.3, 0.4) is 0 Å². The van der Waals surface area contributed by atoms with Crippen molar-refractivity contribution in [2.24, 2.45) is 0 Å². The maximum atomic E-state index is 11.9. The van der Waals surface area contributed by atoms with Crippen molar-refractivity contribution in [2.75, 3.05) is 17.7 Å². The minimum Gasteiger partial charge on any atom is -0.372 e. The van der Waals surface area contributed by atoms with Crippen LogP contribution in [0, 0.1) is 0 Å². The van der Waals surface area contributed by atoms with Crippen molar-refractivity contribution >= 4 is 29.1 Å². The lowest BCUT2D eigenvalue weighted by Crippen LogP contribution is -2.13. The van der Waals surface area contributed by atoms with Gasteiger partial charge in [0.15, 0.2) is 0 Å². The summed E-state index contributed by atoms with van der Waals surface area (Å²) in [6.45, 7) is 0. The molecule has 0 aromatic carbocycles. The third kappa shape index (κ3) is 2.75. The Hall–Kier alpha value is -2.14. The summed E-state index contributed by atoms with van der Waals surface area (Å²) in [4.78, 5) is 19.9. The molecular weight excluding hydrogens is 252 g/mol. The van der Waals surface area contributed by atoms with Crippen LogP contribution in [0.25, 0.3) is 0 Å². The molecular formula is C12H11ClN4O. The lowest BCUT2D eigenvalue weighted by Gasteiger charge is -2.06. The van der Waals surface area contributed by atoms with E-state index in [-0.39, 0.29) is 5.91 Å². The Morgan fingerprint density at radius 3 is 2.78 bits per heavy atom. The van der Waals surface area contributed by atoms with Crippen LogP contribution in [0.4, 0.5) is 11.6 Å². The molecule has 2 heterocycles. The number of carbonyl (C=O) groups is 1. The van der Waals surface area contributed by atoms with E-state index in [4.69, 9.17) is 11.6 Å². The van der Waals surface area contributed by atoms with Gasteiger partial charge < -0.3 is 10.6 Å². The average Bonchev–Trinajstić information content (AvgIpc) is 2.39. The minimum atomic E-state index is -0.300.